The fourth-order valence-electron chi connectivity index (χ4n) is 1.14. The van der Waals surface area contributed by atoms with Crippen molar-refractivity contribution in [3.8, 4) is 5.75 Å². The number of hydrogen-bond acceptors (Lipinski definition) is 3. The molecule has 0 spiro atoms. The Kier molecular flexibility index (Phi) is 5.50. The smallest absolute Gasteiger partial charge is 0.122 e. The van der Waals surface area contributed by atoms with Gasteiger partial charge in [0.25, 0.3) is 0 Å². The molecule has 0 saturated heterocycles. The van der Waals surface area contributed by atoms with Crippen LogP contribution < -0.4 is 4.74 Å². The molecule has 0 radical (unpaired) electrons. The largest absolute Gasteiger partial charge is 0.496 e. The van der Waals surface area contributed by atoms with Crippen molar-refractivity contribution in [1.82, 2.24) is 0 Å². The number of aliphatic hydroxyl groups excluding tert-OH is 1. The van der Waals surface area contributed by atoms with Crippen LogP contribution in [0.25, 0.3) is 0 Å². The van der Waals surface area contributed by atoms with E-state index in [9.17, 15) is 0 Å². The molecule has 0 saturated carbocycles. The van der Waals surface area contributed by atoms with Gasteiger partial charge < -0.3 is 9.84 Å². The van der Waals surface area contributed by atoms with E-state index in [2.05, 4.69) is 22.0 Å². The standard InChI is InChI=1S/C11H15BrO2S/c1-8(6-13)15-7-9-5-10(12)3-4-11(9)14-2/h3-5,8,13H,6-7H2,1-2H3. The summed E-state index contributed by atoms with van der Waals surface area (Å²) in [5.41, 5.74) is 1.15. The van der Waals surface area contributed by atoms with Gasteiger partial charge >= 0.3 is 0 Å². The summed E-state index contributed by atoms with van der Waals surface area (Å²) in [5.74, 6) is 1.75. The molecule has 0 aromatic heterocycles. The van der Waals surface area contributed by atoms with Gasteiger partial charge in [0.2, 0.25) is 0 Å². The van der Waals surface area contributed by atoms with E-state index in [4.69, 9.17) is 9.84 Å². The van der Waals surface area contributed by atoms with Crippen molar-refractivity contribution in [2.45, 2.75) is 17.9 Å². The lowest BCUT2D eigenvalue weighted by Crippen LogP contribution is -2.02. The maximum atomic E-state index is 8.93. The predicted octanol–water partition coefficient (Wildman–Crippen LogP) is 3.07. The number of methoxy groups -OCH3 is 1. The Morgan fingerprint density at radius 2 is 2.27 bits per heavy atom. The third-order valence-electron chi connectivity index (χ3n) is 2.02. The average molecular weight is 291 g/mol. The van der Waals surface area contributed by atoms with Crippen molar-refractivity contribution in [3.05, 3.63) is 28.2 Å². The zero-order valence-electron chi connectivity index (χ0n) is 8.87. The van der Waals surface area contributed by atoms with E-state index in [1.54, 1.807) is 18.9 Å². The first kappa shape index (κ1) is 12.9. The molecule has 0 bridgehead atoms. The van der Waals surface area contributed by atoms with E-state index < -0.39 is 0 Å². The normalized spacial score (nSPS) is 12.5. The van der Waals surface area contributed by atoms with Gasteiger partial charge in [0.05, 0.1) is 13.7 Å². The zero-order chi connectivity index (χ0) is 11.3. The molecule has 1 N–H and O–H groups in total. The van der Waals surface area contributed by atoms with Gasteiger partial charge in [-0.1, -0.05) is 22.9 Å². The van der Waals surface area contributed by atoms with Gasteiger partial charge in [-0.15, -0.1) is 0 Å². The molecule has 0 aliphatic rings. The number of halogens is 1. The molecule has 4 heteroatoms. The molecule has 0 amide bonds. The first-order valence-electron chi connectivity index (χ1n) is 4.72. The molecule has 1 rings (SSSR count). The van der Waals surface area contributed by atoms with Crippen LogP contribution in [0.15, 0.2) is 22.7 Å². The Morgan fingerprint density at radius 3 is 2.87 bits per heavy atom. The number of hydrogen-bond donors (Lipinski definition) is 1. The highest BCUT2D eigenvalue weighted by molar-refractivity contribution is 9.10. The van der Waals surface area contributed by atoms with Crippen molar-refractivity contribution in [3.63, 3.8) is 0 Å². The highest BCUT2D eigenvalue weighted by atomic mass is 79.9. The van der Waals surface area contributed by atoms with Crippen LogP contribution in [0.5, 0.6) is 5.75 Å². The second kappa shape index (κ2) is 6.40. The molecule has 0 aliphatic heterocycles. The Morgan fingerprint density at radius 1 is 1.53 bits per heavy atom. The van der Waals surface area contributed by atoms with Gasteiger partial charge in [-0.25, -0.2) is 0 Å². The quantitative estimate of drug-likeness (QED) is 0.904. The number of thioether (sulfide) groups is 1. The average Bonchev–Trinajstić information content (AvgIpc) is 2.26. The molecule has 15 heavy (non-hydrogen) atoms. The van der Waals surface area contributed by atoms with Crippen molar-refractivity contribution >= 4 is 27.7 Å². The van der Waals surface area contributed by atoms with Crippen LogP contribution in [0.4, 0.5) is 0 Å². The van der Waals surface area contributed by atoms with Crippen LogP contribution in [-0.4, -0.2) is 24.1 Å². The van der Waals surface area contributed by atoms with E-state index in [1.165, 1.54) is 0 Å². The molecule has 0 fully saturated rings. The maximum Gasteiger partial charge on any atom is 0.122 e. The van der Waals surface area contributed by atoms with Crippen LogP contribution in [0.2, 0.25) is 0 Å². The molecule has 1 atom stereocenters. The highest BCUT2D eigenvalue weighted by Gasteiger charge is 2.06. The molecule has 2 nitrogen and oxygen atoms in total. The summed E-state index contributed by atoms with van der Waals surface area (Å²) in [6.07, 6.45) is 0. The van der Waals surface area contributed by atoms with Crippen molar-refractivity contribution in [2.75, 3.05) is 13.7 Å². The Hall–Kier alpha value is -0.190. The highest BCUT2D eigenvalue weighted by Crippen LogP contribution is 2.28. The van der Waals surface area contributed by atoms with Gasteiger partial charge in [0, 0.05) is 21.0 Å². The number of rotatable bonds is 5. The van der Waals surface area contributed by atoms with Crippen molar-refractivity contribution in [2.24, 2.45) is 0 Å². The summed E-state index contributed by atoms with van der Waals surface area (Å²) in [7, 11) is 1.67. The number of ether oxygens (including phenoxy) is 1. The van der Waals surface area contributed by atoms with E-state index >= 15 is 0 Å². The molecule has 1 unspecified atom stereocenters. The molecule has 1 aromatic carbocycles. The van der Waals surface area contributed by atoms with Crippen LogP contribution in [0, 0.1) is 0 Å². The zero-order valence-corrected chi connectivity index (χ0v) is 11.3. The molecule has 84 valence electrons. The molecule has 0 heterocycles. The van der Waals surface area contributed by atoms with Crippen molar-refractivity contribution < 1.29 is 9.84 Å². The van der Waals surface area contributed by atoms with E-state index in [0.29, 0.717) is 0 Å². The molecular formula is C11H15BrO2S. The van der Waals surface area contributed by atoms with Crippen LogP contribution in [0.1, 0.15) is 12.5 Å². The lowest BCUT2D eigenvalue weighted by atomic mass is 10.2. The fourth-order valence-corrected chi connectivity index (χ4v) is 2.35. The van der Waals surface area contributed by atoms with E-state index in [0.717, 1.165) is 21.5 Å². The first-order chi connectivity index (χ1) is 7.17. The Labute approximate surface area is 103 Å². The van der Waals surface area contributed by atoms with Crippen LogP contribution in [-0.2, 0) is 5.75 Å². The third-order valence-corrected chi connectivity index (χ3v) is 3.71. The van der Waals surface area contributed by atoms with E-state index in [1.807, 2.05) is 19.1 Å². The predicted molar refractivity (Wildman–Crippen MR) is 68.5 cm³/mol. The van der Waals surface area contributed by atoms with Gasteiger partial charge in [0.1, 0.15) is 5.75 Å². The molecule has 0 aliphatic carbocycles. The summed E-state index contributed by atoms with van der Waals surface area (Å²) in [4.78, 5) is 0. The van der Waals surface area contributed by atoms with Gasteiger partial charge in [-0.05, 0) is 18.2 Å². The minimum atomic E-state index is 0.209. The minimum absolute atomic E-state index is 0.209. The molecule has 1 aromatic rings. The van der Waals surface area contributed by atoms with Crippen LogP contribution >= 0.6 is 27.7 Å². The lowest BCUT2D eigenvalue weighted by Gasteiger charge is -2.11. The summed E-state index contributed by atoms with van der Waals surface area (Å²) in [6.45, 7) is 2.22. The van der Waals surface area contributed by atoms with Gasteiger partial charge in [-0.3, -0.25) is 0 Å². The molecular weight excluding hydrogens is 276 g/mol. The second-order valence-corrected chi connectivity index (χ2v) is 5.60. The Balaban J connectivity index is 2.69. The summed E-state index contributed by atoms with van der Waals surface area (Å²) >= 11 is 5.15. The van der Waals surface area contributed by atoms with Crippen LogP contribution in [0.3, 0.4) is 0 Å². The summed E-state index contributed by atoms with van der Waals surface area (Å²) in [5, 5.41) is 9.19. The number of benzene rings is 1. The second-order valence-electron chi connectivity index (χ2n) is 3.26. The fraction of sp³-hybridized carbons (Fsp3) is 0.455. The van der Waals surface area contributed by atoms with E-state index in [-0.39, 0.29) is 11.9 Å². The summed E-state index contributed by atoms with van der Waals surface area (Å²) in [6, 6.07) is 5.96. The Bertz CT molecular complexity index is 317. The summed E-state index contributed by atoms with van der Waals surface area (Å²) < 4.78 is 6.32. The monoisotopic (exact) mass is 290 g/mol. The third kappa shape index (κ3) is 4.05. The lowest BCUT2D eigenvalue weighted by molar-refractivity contribution is 0.300. The maximum absolute atomic E-state index is 8.93. The van der Waals surface area contributed by atoms with Crippen molar-refractivity contribution in [1.29, 1.82) is 0 Å². The number of aliphatic hydroxyl groups is 1. The van der Waals surface area contributed by atoms with Gasteiger partial charge in [0.15, 0.2) is 0 Å². The minimum Gasteiger partial charge on any atom is -0.496 e. The SMILES string of the molecule is COc1ccc(Br)cc1CSC(C)CO. The topological polar surface area (TPSA) is 29.5 Å². The van der Waals surface area contributed by atoms with Gasteiger partial charge in [-0.2, -0.15) is 11.8 Å². The first-order valence-corrected chi connectivity index (χ1v) is 6.56.